The van der Waals surface area contributed by atoms with Gasteiger partial charge in [0.05, 0.1) is 7.11 Å². The summed E-state index contributed by atoms with van der Waals surface area (Å²) in [5.41, 5.74) is 1.81. The highest BCUT2D eigenvalue weighted by atomic mass is 16.6. The lowest BCUT2D eigenvalue weighted by Gasteiger charge is -2.69. The Hall–Kier alpha value is -2.64. The molecule has 0 aromatic carbocycles. The molecule has 246 valence electrons. The molecule has 4 saturated carbocycles. The first kappa shape index (κ1) is 34.2. The molecule has 8 heteroatoms. The van der Waals surface area contributed by atoms with Gasteiger partial charge in [0.15, 0.2) is 0 Å². The summed E-state index contributed by atoms with van der Waals surface area (Å²) in [5.74, 6) is -0.943. The van der Waals surface area contributed by atoms with Crippen molar-refractivity contribution in [3.05, 3.63) is 22.8 Å². The van der Waals surface area contributed by atoms with Crippen LogP contribution in [0.5, 0.6) is 0 Å². The number of rotatable bonds is 7. The molecule has 44 heavy (non-hydrogen) atoms. The molecule has 0 spiro atoms. The largest absolute Gasteiger partial charge is 0.466 e. The van der Waals surface area contributed by atoms with Gasteiger partial charge in [-0.15, -0.1) is 0 Å². The molecule has 4 aliphatic rings. The summed E-state index contributed by atoms with van der Waals surface area (Å²) in [5, 5.41) is 0. The number of ether oxygens (including phenoxy) is 4. The first-order valence-electron chi connectivity index (χ1n) is 16.5. The standard InChI is InChI=1S/C36H54O8/c1-20(2)12-11-13-25(33(40)41-10)31-27-18-29(43-23(5)38)32-34(7)16-15-28(42-22(4)37)21(3)26(34)14-17-35(32,8)36(27,9)19-30(31)44-24(6)39/h12,21,26-30,32H,11,13-19H2,1-10H3/b31-25-/t21-,26-,27-,28+,29+,30-,32-,34-,35-,36-/m0/s1. The smallest absolute Gasteiger partial charge is 0.333 e. The van der Waals surface area contributed by atoms with Crippen molar-refractivity contribution in [2.75, 3.05) is 7.11 Å². The number of fused-ring (bicyclic) bond motifs is 5. The van der Waals surface area contributed by atoms with E-state index in [0.717, 1.165) is 36.8 Å². The number of hydrogen-bond donors (Lipinski definition) is 0. The van der Waals surface area contributed by atoms with E-state index in [1.165, 1.54) is 27.9 Å². The summed E-state index contributed by atoms with van der Waals surface area (Å²) < 4.78 is 23.4. The van der Waals surface area contributed by atoms with Crippen LogP contribution in [0.1, 0.15) is 114 Å². The minimum atomic E-state index is -0.555. The Morgan fingerprint density at radius 1 is 0.841 bits per heavy atom. The lowest BCUT2D eigenvalue weighted by atomic mass is 9.36. The van der Waals surface area contributed by atoms with Gasteiger partial charge in [0.25, 0.3) is 0 Å². The van der Waals surface area contributed by atoms with Gasteiger partial charge in [-0.2, -0.15) is 0 Å². The van der Waals surface area contributed by atoms with Gasteiger partial charge in [-0.3, -0.25) is 14.4 Å². The number of carbonyl (C=O) groups excluding carboxylic acids is 4. The van der Waals surface area contributed by atoms with Gasteiger partial charge in [-0.05, 0) is 105 Å². The van der Waals surface area contributed by atoms with Crippen LogP contribution in [0, 0.1) is 39.9 Å². The molecule has 0 aliphatic heterocycles. The number of hydrogen-bond acceptors (Lipinski definition) is 8. The first-order chi connectivity index (χ1) is 20.5. The Labute approximate surface area is 263 Å². The molecule has 0 bridgehead atoms. The Morgan fingerprint density at radius 2 is 1.45 bits per heavy atom. The quantitative estimate of drug-likeness (QED) is 0.132. The minimum Gasteiger partial charge on any atom is -0.466 e. The van der Waals surface area contributed by atoms with Gasteiger partial charge in [0, 0.05) is 32.3 Å². The van der Waals surface area contributed by atoms with Crippen LogP contribution in [0.4, 0.5) is 0 Å². The molecule has 4 aliphatic carbocycles. The predicted octanol–water partition coefficient (Wildman–Crippen LogP) is 6.90. The molecule has 0 unspecified atom stereocenters. The number of esters is 4. The van der Waals surface area contributed by atoms with E-state index in [2.05, 4.69) is 33.8 Å². The van der Waals surface area contributed by atoms with Crippen LogP contribution in [0.15, 0.2) is 22.8 Å². The van der Waals surface area contributed by atoms with Crippen LogP contribution in [0.3, 0.4) is 0 Å². The number of methoxy groups -OCH3 is 1. The van der Waals surface area contributed by atoms with Crippen LogP contribution >= 0.6 is 0 Å². The van der Waals surface area contributed by atoms with Gasteiger partial charge in [-0.25, -0.2) is 4.79 Å². The molecule has 0 aromatic heterocycles. The molecule has 0 N–H and O–H groups in total. The van der Waals surface area contributed by atoms with E-state index < -0.39 is 12.1 Å². The second kappa shape index (κ2) is 12.6. The maximum absolute atomic E-state index is 13.4. The molecule has 4 rings (SSSR count). The van der Waals surface area contributed by atoms with Crippen LogP contribution in [-0.4, -0.2) is 49.3 Å². The molecule has 4 fully saturated rings. The minimum absolute atomic E-state index is 0.0456. The molecule has 10 atom stereocenters. The van der Waals surface area contributed by atoms with Crippen LogP contribution in [-0.2, 0) is 38.1 Å². The highest BCUT2D eigenvalue weighted by molar-refractivity contribution is 5.90. The Bertz CT molecular complexity index is 1230. The fourth-order valence-electron chi connectivity index (χ4n) is 10.6. The van der Waals surface area contributed by atoms with E-state index in [-0.39, 0.29) is 64.1 Å². The SMILES string of the molecule is COC(=O)/C(CCC=C(C)C)=C1\[C@@H](OC(C)=O)C[C@@]2(C)[C@H]1C[C@@H](OC(C)=O)[C@H]1[C@@]3(C)CC[C@@H](OC(C)=O)[C@@H](C)[C@@H]3CC[C@@]12C. The highest BCUT2D eigenvalue weighted by Crippen LogP contribution is 2.75. The zero-order chi connectivity index (χ0) is 32.8. The van der Waals surface area contributed by atoms with Crippen molar-refractivity contribution in [1.82, 2.24) is 0 Å². The molecule has 0 radical (unpaired) electrons. The fourth-order valence-corrected chi connectivity index (χ4v) is 10.6. The first-order valence-corrected chi connectivity index (χ1v) is 16.5. The van der Waals surface area contributed by atoms with Crippen molar-refractivity contribution < 1.29 is 38.1 Å². The van der Waals surface area contributed by atoms with Crippen molar-refractivity contribution in [3.63, 3.8) is 0 Å². The molecule has 0 amide bonds. The lowest BCUT2D eigenvalue weighted by molar-refractivity contribution is -0.242. The third kappa shape index (κ3) is 5.87. The van der Waals surface area contributed by atoms with E-state index in [9.17, 15) is 19.2 Å². The van der Waals surface area contributed by atoms with E-state index in [1.807, 2.05) is 13.8 Å². The van der Waals surface area contributed by atoms with Gasteiger partial charge >= 0.3 is 23.9 Å². The average Bonchev–Trinajstić information content (AvgIpc) is 3.18. The monoisotopic (exact) mass is 614 g/mol. The van der Waals surface area contributed by atoms with E-state index in [4.69, 9.17) is 18.9 Å². The Morgan fingerprint density at radius 3 is 2.02 bits per heavy atom. The van der Waals surface area contributed by atoms with Gasteiger partial charge in [-0.1, -0.05) is 39.3 Å². The molecule has 8 nitrogen and oxygen atoms in total. The van der Waals surface area contributed by atoms with Crippen molar-refractivity contribution >= 4 is 23.9 Å². The summed E-state index contributed by atoms with van der Waals surface area (Å²) in [6, 6.07) is 0. The Balaban J connectivity index is 1.87. The molecular formula is C36H54O8. The maximum atomic E-state index is 13.4. The summed E-state index contributed by atoms with van der Waals surface area (Å²) in [4.78, 5) is 50.6. The molecule has 0 aromatic rings. The zero-order valence-corrected chi connectivity index (χ0v) is 28.5. The topological polar surface area (TPSA) is 105 Å². The van der Waals surface area contributed by atoms with Gasteiger partial charge in [0.1, 0.15) is 18.3 Å². The van der Waals surface area contributed by atoms with E-state index in [0.29, 0.717) is 37.2 Å². The lowest BCUT2D eigenvalue weighted by Crippen LogP contribution is -2.66. The van der Waals surface area contributed by atoms with Gasteiger partial charge in [0.2, 0.25) is 0 Å². The van der Waals surface area contributed by atoms with E-state index >= 15 is 0 Å². The van der Waals surface area contributed by atoms with Gasteiger partial charge < -0.3 is 18.9 Å². The van der Waals surface area contributed by atoms with Crippen molar-refractivity contribution in [3.8, 4) is 0 Å². The summed E-state index contributed by atoms with van der Waals surface area (Å²) in [6.45, 7) is 17.6. The van der Waals surface area contributed by atoms with Crippen LogP contribution in [0.2, 0.25) is 0 Å². The van der Waals surface area contributed by atoms with Crippen molar-refractivity contribution in [1.29, 1.82) is 0 Å². The number of allylic oxidation sites excluding steroid dienone is 2. The molecule has 0 heterocycles. The third-order valence-corrected chi connectivity index (χ3v) is 12.3. The summed E-state index contributed by atoms with van der Waals surface area (Å²) in [6.07, 6.45) is 6.84. The third-order valence-electron chi connectivity index (χ3n) is 12.3. The summed E-state index contributed by atoms with van der Waals surface area (Å²) in [7, 11) is 1.40. The second-order valence-corrected chi connectivity index (χ2v) is 15.0. The Kier molecular flexibility index (Phi) is 9.83. The second-order valence-electron chi connectivity index (χ2n) is 15.0. The van der Waals surface area contributed by atoms with E-state index in [1.54, 1.807) is 0 Å². The normalized spacial score (nSPS) is 40.4. The van der Waals surface area contributed by atoms with Crippen molar-refractivity contribution in [2.24, 2.45) is 39.9 Å². The van der Waals surface area contributed by atoms with Crippen molar-refractivity contribution in [2.45, 2.75) is 132 Å². The average molecular weight is 615 g/mol. The maximum Gasteiger partial charge on any atom is 0.333 e. The molecular weight excluding hydrogens is 560 g/mol. The van der Waals surface area contributed by atoms with Crippen LogP contribution < -0.4 is 0 Å². The highest BCUT2D eigenvalue weighted by Gasteiger charge is 2.71. The molecule has 0 saturated heterocycles. The number of carbonyl (C=O) groups is 4. The predicted molar refractivity (Wildman–Crippen MR) is 166 cm³/mol. The van der Waals surface area contributed by atoms with Crippen LogP contribution in [0.25, 0.3) is 0 Å². The summed E-state index contributed by atoms with van der Waals surface area (Å²) >= 11 is 0. The fraction of sp³-hybridized carbons (Fsp3) is 0.778. The zero-order valence-electron chi connectivity index (χ0n) is 28.5.